The van der Waals surface area contributed by atoms with Gasteiger partial charge in [0.05, 0.1) is 23.0 Å². The van der Waals surface area contributed by atoms with Crippen LogP contribution in [0.3, 0.4) is 0 Å². The van der Waals surface area contributed by atoms with Crippen molar-refractivity contribution in [3.8, 4) is 0 Å². The lowest BCUT2D eigenvalue weighted by Crippen LogP contribution is -2.47. The van der Waals surface area contributed by atoms with Crippen LogP contribution in [0.5, 0.6) is 0 Å². The van der Waals surface area contributed by atoms with Crippen LogP contribution < -0.4 is 10.6 Å². The van der Waals surface area contributed by atoms with E-state index in [4.69, 9.17) is 4.74 Å². The topological polar surface area (TPSA) is 148 Å². The van der Waals surface area contributed by atoms with E-state index in [1.54, 1.807) is 0 Å². The van der Waals surface area contributed by atoms with Crippen LogP contribution in [0, 0.1) is 17.0 Å². The quantitative estimate of drug-likeness (QED) is 0.349. The van der Waals surface area contributed by atoms with E-state index < -0.39 is 33.0 Å². The molecular weight excluding hydrogens is 440 g/mol. The van der Waals surface area contributed by atoms with Crippen LogP contribution in [0.25, 0.3) is 0 Å². The molecule has 1 aliphatic rings. The molecule has 0 bridgehead atoms. The van der Waals surface area contributed by atoms with Crippen molar-refractivity contribution < 1.29 is 27.7 Å². The fourth-order valence-corrected chi connectivity index (χ4v) is 4.56. The van der Waals surface area contributed by atoms with Crippen LogP contribution >= 0.6 is 0 Å². The summed E-state index contributed by atoms with van der Waals surface area (Å²) in [6, 6.07) is 11.9. The molecule has 0 spiro atoms. The third kappa shape index (κ3) is 5.46. The fourth-order valence-electron chi connectivity index (χ4n) is 3.05. The summed E-state index contributed by atoms with van der Waals surface area (Å²) in [6.07, 6.45) is -1.01. The minimum absolute atomic E-state index is 0.0411. The Hall–Kier alpha value is -3.35. The monoisotopic (exact) mass is 462 g/mol. The van der Waals surface area contributed by atoms with Gasteiger partial charge in [-0.2, -0.15) is 4.31 Å². The average molecular weight is 462 g/mol. The number of hydrogen-bond acceptors (Lipinski definition) is 7. The minimum atomic E-state index is -4.01. The van der Waals surface area contributed by atoms with Gasteiger partial charge in [0.2, 0.25) is 10.0 Å². The number of non-ortho nitro benzene ring substituents is 1. The van der Waals surface area contributed by atoms with Crippen molar-refractivity contribution in [2.45, 2.75) is 24.6 Å². The number of ether oxygens (including phenoxy) is 1. The van der Waals surface area contributed by atoms with Crippen molar-refractivity contribution in [2.24, 2.45) is 0 Å². The first-order valence-electron chi connectivity index (χ1n) is 9.68. The molecule has 1 fully saturated rings. The third-order valence-corrected chi connectivity index (χ3v) is 6.72. The molecule has 32 heavy (non-hydrogen) atoms. The molecule has 3 rings (SSSR count). The summed E-state index contributed by atoms with van der Waals surface area (Å²) in [5, 5.41) is 15.6. The Morgan fingerprint density at radius 3 is 2.34 bits per heavy atom. The van der Waals surface area contributed by atoms with Gasteiger partial charge in [-0.25, -0.2) is 8.42 Å². The number of benzene rings is 2. The van der Waals surface area contributed by atoms with Crippen LogP contribution in [0.2, 0.25) is 0 Å². The van der Waals surface area contributed by atoms with Crippen LogP contribution in [-0.4, -0.2) is 55.4 Å². The first kappa shape index (κ1) is 23.3. The van der Waals surface area contributed by atoms with Crippen LogP contribution in [0.15, 0.2) is 53.4 Å². The number of hydrogen-bond donors (Lipinski definition) is 2. The van der Waals surface area contributed by atoms with Gasteiger partial charge in [-0.15, -0.1) is 0 Å². The van der Waals surface area contributed by atoms with E-state index in [9.17, 15) is 28.1 Å². The maximum absolute atomic E-state index is 12.9. The summed E-state index contributed by atoms with van der Waals surface area (Å²) in [5.41, 5.74) is 1.67. The molecule has 0 radical (unpaired) electrons. The van der Waals surface area contributed by atoms with Crippen molar-refractivity contribution in [3.63, 3.8) is 0 Å². The highest BCUT2D eigenvalue weighted by atomic mass is 32.2. The molecule has 1 saturated heterocycles. The smallest absolute Gasteiger partial charge is 0.309 e. The molecule has 2 aromatic rings. The Morgan fingerprint density at radius 2 is 1.72 bits per heavy atom. The van der Waals surface area contributed by atoms with Gasteiger partial charge in [0.1, 0.15) is 6.23 Å². The fraction of sp³-hybridized carbons (Fsp3) is 0.300. The lowest BCUT2D eigenvalue weighted by Gasteiger charge is -2.22. The maximum atomic E-state index is 12.9. The van der Waals surface area contributed by atoms with Crippen LogP contribution in [0.4, 0.5) is 5.69 Å². The first-order valence-corrected chi connectivity index (χ1v) is 11.1. The second-order valence-electron chi connectivity index (χ2n) is 7.07. The number of nitrogens with one attached hydrogen (secondary N) is 2. The van der Waals surface area contributed by atoms with E-state index in [2.05, 4.69) is 10.6 Å². The highest BCUT2D eigenvalue weighted by Gasteiger charge is 2.36. The van der Waals surface area contributed by atoms with Gasteiger partial charge in [-0.05, 0) is 24.6 Å². The molecule has 0 aromatic heterocycles. The van der Waals surface area contributed by atoms with Crippen molar-refractivity contribution >= 4 is 27.5 Å². The number of nitrogens with zero attached hydrogens (tertiary/aromatic N) is 2. The standard InChI is InChI=1S/C20H22N4O7S/c1-14-2-4-15(5-3-14)12-21-19(25)20(26)22-13-18-23(10-11-31-18)32(29,30)17-8-6-16(7-9-17)24(27)28/h2-9,18H,10-13H2,1H3,(H,21,25)(H,22,26)/t18-/m1/s1. The highest BCUT2D eigenvalue weighted by Crippen LogP contribution is 2.24. The van der Waals surface area contributed by atoms with E-state index in [1.165, 1.54) is 0 Å². The van der Waals surface area contributed by atoms with E-state index in [-0.39, 0.29) is 36.8 Å². The number of carbonyl (C=O) groups excluding carboxylic acids is 2. The van der Waals surface area contributed by atoms with Crippen molar-refractivity contribution in [2.75, 3.05) is 19.7 Å². The Morgan fingerprint density at radius 1 is 1.09 bits per heavy atom. The normalized spacial score (nSPS) is 16.5. The van der Waals surface area contributed by atoms with Gasteiger partial charge in [-0.3, -0.25) is 19.7 Å². The summed E-state index contributed by atoms with van der Waals surface area (Å²) >= 11 is 0. The second-order valence-corrected chi connectivity index (χ2v) is 8.96. The predicted octanol–water partition coefficient (Wildman–Crippen LogP) is 0.683. The van der Waals surface area contributed by atoms with Gasteiger partial charge in [0.25, 0.3) is 5.69 Å². The molecule has 1 aliphatic heterocycles. The number of aryl methyl sites for hydroxylation is 1. The number of amides is 2. The Labute approximate surface area is 184 Å². The molecular formula is C20H22N4O7S. The van der Waals surface area contributed by atoms with Crippen molar-refractivity contribution in [1.29, 1.82) is 0 Å². The molecule has 11 nitrogen and oxygen atoms in total. The SMILES string of the molecule is Cc1ccc(CNC(=O)C(=O)NC[C@H]2OCCN2S(=O)(=O)c2ccc([N+](=O)[O-])cc2)cc1. The summed E-state index contributed by atoms with van der Waals surface area (Å²) in [4.78, 5) is 34.1. The summed E-state index contributed by atoms with van der Waals surface area (Å²) in [7, 11) is -4.01. The molecule has 2 aromatic carbocycles. The molecule has 12 heteroatoms. The number of nitro groups is 1. The Balaban J connectivity index is 1.56. The van der Waals surface area contributed by atoms with E-state index in [0.717, 1.165) is 39.7 Å². The molecule has 1 heterocycles. The maximum Gasteiger partial charge on any atom is 0.309 e. The molecule has 0 unspecified atom stereocenters. The molecule has 0 aliphatic carbocycles. The zero-order valence-corrected chi connectivity index (χ0v) is 18.0. The van der Waals surface area contributed by atoms with E-state index >= 15 is 0 Å². The number of nitro benzene ring substituents is 1. The zero-order chi connectivity index (χ0) is 23.3. The van der Waals surface area contributed by atoms with Crippen LogP contribution in [-0.2, 0) is 30.9 Å². The van der Waals surface area contributed by atoms with Crippen molar-refractivity contribution in [3.05, 3.63) is 69.8 Å². The lowest BCUT2D eigenvalue weighted by molar-refractivity contribution is -0.384. The van der Waals surface area contributed by atoms with Gasteiger partial charge < -0.3 is 15.4 Å². The number of sulfonamides is 1. The Bertz CT molecular complexity index is 1100. The first-order chi connectivity index (χ1) is 15.2. The third-order valence-electron chi connectivity index (χ3n) is 4.81. The lowest BCUT2D eigenvalue weighted by atomic mass is 10.1. The molecule has 2 N–H and O–H groups in total. The van der Waals surface area contributed by atoms with Gasteiger partial charge in [0.15, 0.2) is 0 Å². The van der Waals surface area contributed by atoms with Gasteiger partial charge in [0, 0.05) is 25.2 Å². The molecule has 2 amide bonds. The predicted molar refractivity (Wildman–Crippen MR) is 113 cm³/mol. The summed E-state index contributed by atoms with van der Waals surface area (Å²) < 4.78 is 32.2. The number of rotatable bonds is 7. The summed E-state index contributed by atoms with van der Waals surface area (Å²) in [5.74, 6) is -1.77. The van der Waals surface area contributed by atoms with Crippen LogP contribution in [0.1, 0.15) is 11.1 Å². The molecule has 1 atom stereocenters. The largest absolute Gasteiger partial charge is 0.359 e. The molecule has 0 saturated carbocycles. The second kappa shape index (κ2) is 9.85. The van der Waals surface area contributed by atoms with E-state index in [0.29, 0.717) is 0 Å². The van der Waals surface area contributed by atoms with Gasteiger partial charge >= 0.3 is 11.8 Å². The number of carbonyl (C=O) groups is 2. The minimum Gasteiger partial charge on any atom is -0.359 e. The summed E-state index contributed by atoms with van der Waals surface area (Å²) in [6.45, 7) is 2.02. The van der Waals surface area contributed by atoms with E-state index in [1.807, 2.05) is 31.2 Å². The van der Waals surface area contributed by atoms with Crippen molar-refractivity contribution in [1.82, 2.24) is 14.9 Å². The Kier molecular flexibility index (Phi) is 7.18. The average Bonchev–Trinajstić information content (AvgIpc) is 3.26. The zero-order valence-electron chi connectivity index (χ0n) is 17.2. The van der Waals surface area contributed by atoms with Gasteiger partial charge in [-0.1, -0.05) is 29.8 Å². The highest BCUT2D eigenvalue weighted by molar-refractivity contribution is 7.89. The molecule has 170 valence electrons.